The fraction of sp³-hybridized carbons (Fsp3) is 0.300. The number of rotatable bonds is 5. The number of aromatic nitrogens is 2. The number of hydrogen-bond donors (Lipinski definition) is 1. The minimum absolute atomic E-state index is 0.135. The van der Waals surface area contributed by atoms with Crippen molar-refractivity contribution in [2.75, 3.05) is 7.05 Å². The summed E-state index contributed by atoms with van der Waals surface area (Å²) < 4.78 is 5.92. The minimum Gasteiger partial charge on any atom is -0.415 e. The minimum atomic E-state index is 0.135. The van der Waals surface area contributed by atoms with Gasteiger partial charge in [-0.05, 0) is 38.5 Å². The van der Waals surface area contributed by atoms with E-state index in [9.17, 15) is 0 Å². The Morgan fingerprint density at radius 1 is 1.00 bits per heavy atom. The van der Waals surface area contributed by atoms with Crippen molar-refractivity contribution in [1.29, 1.82) is 0 Å². The van der Waals surface area contributed by atoms with Gasteiger partial charge in [0.2, 0.25) is 5.89 Å². The van der Waals surface area contributed by atoms with E-state index in [1.165, 1.54) is 21.6 Å². The first kappa shape index (κ1) is 16.4. The van der Waals surface area contributed by atoms with Crippen LogP contribution in [0, 0.1) is 13.8 Å². The zero-order chi connectivity index (χ0) is 17.1. The molecular formula is C20H24N3O+. The van der Waals surface area contributed by atoms with Crippen LogP contribution >= 0.6 is 0 Å². The summed E-state index contributed by atoms with van der Waals surface area (Å²) in [6.07, 6.45) is 0. The molecule has 1 aromatic heterocycles. The molecule has 0 aliphatic rings. The molecule has 2 aromatic carbocycles. The summed E-state index contributed by atoms with van der Waals surface area (Å²) in [6.45, 7) is 7.26. The summed E-state index contributed by atoms with van der Waals surface area (Å²) in [5.74, 6) is 1.26. The molecule has 0 fully saturated rings. The molecule has 3 aromatic rings. The Labute approximate surface area is 143 Å². The van der Waals surface area contributed by atoms with Gasteiger partial charge in [-0.25, -0.2) is 0 Å². The van der Waals surface area contributed by atoms with Crippen molar-refractivity contribution in [2.24, 2.45) is 0 Å². The Kier molecular flexibility index (Phi) is 4.76. The first-order chi connectivity index (χ1) is 11.5. The lowest BCUT2D eigenvalue weighted by Gasteiger charge is -2.19. The standard InChI is InChI=1S/C20H23N3O/c1-14-9-11-17(12-10-14)20-22-21-19(24-20)16(3)23(4)13-18-8-6-5-7-15(18)2/h5-12,16H,13H2,1-4H3/p+1/t16-/m1/s1. The number of benzene rings is 2. The monoisotopic (exact) mass is 322 g/mol. The molecule has 0 radical (unpaired) electrons. The molecule has 4 heteroatoms. The summed E-state index contributed by atoms with van der Waals surface area (Å²) in [6, 6.07) is 16.8. The molecule has 0 bridgehead atoms. The van der Waals surface area contributed by atoms with Crippen molar-refractivity contribution in [3.8, 4) is 11.5 Å². The molecule has 4 nitrogen and oxygen atoms in total. The van der Waals surface area contributed by atoms with Gasteiger partial charge in [0.1, 0.15) is 6.54 Å². The Morgan fingerprint density at radius 3 is 2.42 bits per heavy atom. The summed E-state index contributed by atoms with van der Waals surface area (Å²) in [7, 11) is 2.16. The molecule has 1 heterocycles. The van der Waals surface area contributed by atoms with Crippen LogP contribution in [0.3, 0.4) is 0 Å². The van der Waals surface area contributed by atoms with Crippen LogP contribution in [0.4, 0.5) is 0 Å². The van der Waals surface area contributed by atoms with Gasteiger partial charge in [0.15, 0.2) is 6.04 Å². The normalized spacial score (nSPS) is 13.7. The van der Waals surface area contributed by atoms with E-state index in [-0.39, 0.29) is 6.04 Å². The van der Waals surface area contributed by atoms with E-state index in [2.05, 4.69) is 74.4 Å². The lowest BCUT2D eigenvalue weighted by molar-refractivity contribution is -0.925. The van der Waals surface area contributed by atoms with Gasteiger partial charge in [0.25, 0.3) is 5.89 Å². The summed E-state index contributed by atoms with van der Waals surface area (Å²) in [5, 5.41) is 8.48. The highest BCUT2D eigenvalue weighted by molar-refractivity contribution is 5.52. The van der Waals surface area contributed by atoms with Crippen molar-refractivity contribution in [2.45, 2.75) is 33.4 Å². The van der Waals surface area contributed by atoms with Crippen LogP contribution < -0.4 is 4.90 Å². The van der Waals surface area contributed by atoms with E-state index < -0.39 is 0 Å². The number of hydrogen-bond acceptors (Lipinski definition) is 3. The maximum Gasteiger partial charge on any atom is 0.274 e. The van der Waals surface area contributed by atoms with Gasteiger partial charge >= 0.3 is 0 Å². The highest BCUT2D eigenvalue weighted by Gasteiger charge is 2.23. The smallest absolute Gasteiger partial charge is 0.274 e. The van der Waals surface area contributed by atoms with Gasteiger partial charge in [0.05, 0.1) is 7.05 Å². The van der Waals surface area contributed by atoms with Crippen molar-refractivity contribution in [3.05, 3.63) is 71.1 Å². The van der Waals surface area contributed by atoms with Crippen LogP contribution in [0.2, 0.25) is 0 Å². The van der Waals surface area contributed by atoms with E-state index in [1.54, 1.807) is 0 Å². The fourth-order valence-electron chi connectivity index (χ4n) is 2.70. The average molecular weight is 322 g/mol. The van der Waals surface area contributed by atoms with Crippen LogP contribution in [0.1, 0.15) is 35.5 Å². The number of quaternary nitrogens is 1. The molecule has 0 aliphatic carbocycles. The maximum absolute atomic E-state index is 5.92. The van der Waals surface area contributed by atoms with Gasteiger partial charge in [-0.15, -0.1) is 10.2 Å². The highest BCUT2D eigenvalue weighted by atomic mass is 16.4. The van der Waals surface area contributed by atoms with Gasteiger partial charge in [-0.1, -0.05) is 42.0 Å². The molecule has 1 unspecified atom stereocenters. The number of nitrogens with one attached hydrogen (secondary N) is 1. The molecule has 0 amide bonds. The molecule has 0 saturated carbocycles. The fourth-order valence-corrected chi connectivity index (χ4v) is 2.70. The molecular weight excluding hydrogens is 298 g/mol. The van der Waals surface area contributed by atoms with Crippen molar-refractivity contribution >= 4 is 0 Å². The highest BCUT2D eigenvalue weighted by Crippen LogP contribution is 2.20. The molecule has 0 aliphatic heterocycles. The van der Waals surface area contributed by atoms with Gasteiger partial charge < -0.3 is 9.32 Å². The van der Waals surface area contributed by atoms with E-state index in [0.29, 0.717) is 11.8 Å². The largest absolute Gasteiger partial charge is 0.415 e. The predicted octanol–water partition coefficient (Wildman–Crippen LogP) is 3.13. The van der Waals surface area contributed by atoms with Gasteiger partial charge in [-0.2, -0.15) is 0 Å². The molecule has 0 saturated heterocycles. The first-order valence-electron chi connectivity index (χ1n) is 8.32. The van der Waals surface area contributed by atoms with Crippen molar-refractivity contribution < 1.29 is 9.32 Å². The van der Waals surface area contributed by atoms with Crippen LogP contribution in [-0.2, 0) is 6.54 Å². The molecule has 24 heavy (non-hydrogen) atoms. The second-order valence-corrected chi connectivity index (χ2v) is 6.48. The third-order valence-electron chi connectivity index (χ3n) is 4.58. The summed E-state index contributed by atoms with van der Waals surface area (Å²) in [4.78, 5) is 1.32. The van der Waals surface area contributed by atoms with Crippen LogP contribution in [0.5, 0.6) is 0 Å². The number of aryl methyl sites for hydroxylation is 2. The Balaban J connectivity index is 1.74. The molecule has 0 spiro atoms. The van der Waals surface area contributed by atoms with Crippen molar-refractivity contribution in [1.82, 2.24) is 10.2 Å². The molecule has 1 N–H and O–H groups in total. The van der Waals surface area contributed by atoms with E-state index >= 15 is 0 Å². The van der Waals surface area contributed by atoms with E-state index in [1.807, 2.05) is 12.1 Å². The van der Waals surface area contributed by atoms with Crippen LogP contribution in [0.25, 0.3) is 11.5 Å². The molecule has 2 atom stereocenters. The Hall–Kier alpha value is -2.46. The Morgan fingerprint density at radius 2 is 1.71 bits per heavy atom. The lowest BCUT2D eigenvalue weighted by Crippen LogP contribution is -3.07. The topological polar surface area (TPSA) is 43.4 Å². The second kappa shape index (κ2) is 6.97. The van der Waals surface area contributed by atoms with Crippen LogP contribution in [0.15, 0.2) is 52.9 Å². The van der Waals surface area contributed by atoms with Crippen molar-refractivity contribution in [3.63, 3.8) is 0 Å². The first-order valence-corrected chi connectivity index (χ1v) is 8.32. The molecule has 124 valence electrons. The van der Waals surface area contributed by atoms with E-state index in [0.717, 1.165) is 12.1 Å². The summed E-state index contributed by atoms with van der Waals surface area (Å²) >= 11 is 0. The summed E-state index contributed by atoms with van der Waals surface area (Å²) in [5.41, 5.74) is 4.84. The molecule has 3 rings (SSSR count). The Bertz CT molecular complexity index is 808. The quantitative estimate of drug-likeness (QED) is 0.785. The maximum atomic E-state index is 5.92. The number of nitrogens with zero attached hydrogens (tertiary/aromatic N) is 2. The third-order valence-corrected chi connectivity index (χ3v) is 4.58. The second-order valence-electron chi connectivity index (χ2n) is 6.48. The third kappa shape index (κ3) is 3.54. The zero-order valence-corrected chi connectivity index (χ0v) is 14.7. The zero-order valence-electron chi connectivity index (χ0n) is 14.7. The SMILES string of the molecule is Cc1ccc(-c2nnc([C@@H](C)[NH+](C)Cc3ccccc3C)o2)cc1. The van der Waals surface area contributed by atoms with Gasteiger partial charge in [-0.3, -0.25) is 0 Å². The average Bonchev–Trinajstić information content (AvgIpc) is 3.07. The lowest BCUT2D eigenvalue weighted by atomic mass is 10.1. The van der Waals surface area contributed by atoms with E-state index in [4.69, 9.17) is 4.42 Å². The van der Waals surface area contributed by atoms with Crippen LogP contribution in [-0.4, -0.2) is 17.2 Å². The van der Waals surface area contributed by atoms with Gasteiger partial charge in [0, 0.05) is 11.1 Å². The predicted molar refractivity (Wildman–Crippen MR) is 94.7 cm³/mol.